The highest BCUT2D eigenvalue weighted by Crippen LogP contribution is 2.16. The smallest absolute Gasteiger partial charge is 0.272 e. The Morgan fingerprint density at radius 1 is 1.33 bits per heavy atom. The Hall–Kier alpha value is -1.70. The average Bonchev–Trinajstić information content (AvgIpc) is 3.08. The van der Waals surface area contributed by atoms with Crippen LogP contribution in [0.1, 0.15) is 29.8 Å². The van der Waals surface area contributed by atoms with E-state index in [-0.39, 0.29) is 23.5 Å². The molecule has 1 atom stereocenters. The highest BCUT2D eigenvalue weighted by atomic mass is 32.2. The van der Waals surface area contributed by atoms with E-state index in [1.165, 1.54) is 6.20 Å². The van der Waals surface area contributed by atoms with Crippen LogP contribution in [0.3, 0.4) is 0 Å². The molecular weight excluding hydrogens is 292 g/mol. The lowest BCUT2D eigenvalue weighted by molar-refractivity contribution is 0.0787. The SMILES string of the molecule is O=C(c1ccnc(NC2CCS(=O)(=O)C2)n1)N1CCCC1. The van der Waals surface area contributed by atoms with Gasteiger partial charge in [0, 0.05) is 25.3 Å². The van der Waals surface area contributed by atoms with Crippen molar-refractivity contribution in [2.75, 3.05) is 29.9 Å². The van der Waals surface area contributed by atoms with Crippen LogP contribution in [0, 0.1) is 0 Å². The summed E-state index contributed by atoms with van der Waals surface area (Å²) in [5, 5.41) is 3.01. The molecule has 0 radical (unpaired) electrons. The van der Waals surface area contributed by atoms with Gasteiger partial charge in [-0.05, 0) is 25.3 Å². The molecule has 21 heavy (non-hydrogen) atoms. The van der Waals surface area contributed by atoms with Gasteiger partial charge in [0.25, 0.3) is 5.91 Å². The fourth-order valence-electron chi connectivity index (χ4n) is 2.72. The summed E-state index contributed by atoms with van der Waals surface area (Å²) in [6, 6.07) is 1.42. The molecule has 8 heteroatoms. The first-order chi connectivity index (χ1) is 10.0. The molecule has 0 aromatic carbocycles. The van der Waals surface area contributed by atoms with Crippen LogP contribution in [0.4, 0.5) is 5.95 Å². The molecular formula is C13H18N4O3S. The maximum absolute atomic E-state index is 12.3. The van der Waals surface area contributed by atoms with E-state index in [1.54, 1.807) is 11.0 Å². The van der Waals surface area contributed by atoms with E-state index >= 15 is 0 Å². The molecule has 114 valence electrons. The van der Waals surface area contributed by atoms with E-state index in [9.17, 15) is 13.2 Å². The molecule has 2 fully saturated rings. The zero-order chi connectivity index (χ0) is 14.9. The third-order valence-corrected chi connectivity index (χ3v) is 5.60. The summed E-state index contributed by atoms with van der Waals surface area (Å²) in [7, 11) is -2.95. The molecule has 2 aliphatic rings. The Labute approximate surface area is 123 Å². The molecule has 1 aromatic rings. The van der Waals surface area contributed by atoms with Gasteiger partial charge in [-0.2, -0.15) is 0 Å². The maximum Gasteiger partial charge on any atom is 0.272 e. The lowest BCUT2D eigenvalue weighted by Gasteiger charge is -2.15. The van der Waals surface area contributed by atoms with Crippen LogP contribution in [0.2, 0.25) is 0 Å². The van der Waals surface area contributed by atoms with Crippen LogP contribution in [0.25, 0.3) is 0 Å². The molecule has 7 nitrogen and oxygen atoms in total. The van der Waals surface area contributed by atoms with Crippen LogP contribution in [0.5, 0.6) is 0 Å². The predicted molar refractivity (Wildman–Crippen MR) is 77.9 cm³/mol. The van der Waals surface area contributed by atoms with Gasteiger partial charge in [-0.3, -0.25) is 4.79 Å². The van der Waals surface area contributed by atoms with E-state index in [0.29, 0.717) is 18.1 Å². The average molecular weight is 310 g/mol. The molecule has 2 aliphatic heterocycles. The number of carbonyl (C=O) groups excluding carboxylic acids is 1. The summed E-state index contributed by atoms with van der Waals surface area (Å²) < 4.78 is 22.9. The van der Waals surface area contributed by atoms with Gasteiger partial charge < -0.3 is 10.2 Å². The second kappa shape index (κ2) is 5.59. The molecule has 0 spiro atoms. The lowest BCUT2D eigenvalue weighted by Crippen LogP contribution is -2.29. The van der Waals surface area contributed by atoms with E-state index in [2.05, 4.69) is 15.3 Å². The van der Waals surface area contributed by atoms with Gasteiger partial charge in [0.05, 0.1) is 11.5 Å². The van der Waals surface area contributed by atoms with Crippen molar-refractivity contribution in [2.24, 2.45) is 0 Å². The number of aromatic nitrogens is 2. The molecule has 3 rings (SSSR count). The Kier molecular flexibility index (Phi) is 3.79. The van der Waals surface area contributed by atoms with Crippen molar-refractivity contribution in [2.45, 2.75) is 25.3 Å². The summed E-state index contributed by atoms with van der Waals surface area (Å²) in [4.78, 5) is 22.3. The standard InChI is InChI=1S/C13H18N4O3S/c18-12(17-6-1-2-7-17)11-3-5-14-13(16-11)15-10-4-8-21(19,20)9-10/h3,5,10H,1-2,4,6-9H2,(H,14,15,16). The zero-order valence-corrected chi connectivity index (χ0v) is 12.5. The summed E-state index contributed by atoms with van der Waals surface area (Å²) in [5.74, 6) is 0.525. The second-order valence-corrected chi connectivity index (χ2v) is 7.74. The summed E-state index contributed by atoms with van der Waals surface area (Å²) >= 11 is 0. The highest BCUT2D eigenvalue weighted by Gasteiger charge is 2.28. The van der Waals surface area contributed by atoms with Crippen molar-refractivity contribution in [3.63, 3.8) is 0 Å². The minimum Gasteiger partial charge on any atom is -0.350 e. The minimum atomic E-state index is -2.95. The number of hydrogen-bond acceptors (Lipinski definition) is 6. The normalized spacial score (nSPS) is 24.2. The van der Waals surface area contributed by atoms with Gasteiger partial charge in [0.1, 0.15) is 5.69 Å². The van der Waals surface area contributed by atoms with Gasteiger partial charge in [0.15, 0.2) is 9.84 Å². The Bertz CT molecular complexity index is 641. The van der Waals surface area contributed by atoms with E-state index in [4.69, 9.17) is 0 Å². The molecule has 1 unspecified atom stereocenters. The first kappa shape index (κ1) is 14.2. The van der Waals surface area contributed by atoms with Crippen molar-refractivity contribution in [3.8, 4) is 0 Å². The van der Waals surface area contributed by atoms with Gasteiger partial charge in [-0.15, -0.1) is 0 Å². The molecule has 2 saturated heterocycles. The van der Waals surface area contributed by atoms with E-state index in [0.717, 1.165) is 25.9 Å². The van der Waals surface area contributed by atoms with Crippen LogP contribution >= 0.6 is 0 Å². The van der Waals surface area contributed by atoms with Crippen molar-refractivity contribution in [3.05, 3.63) is 18.0 Å². The monoisotopic (exact) mass is 310 g/mol. The highest BCUT2D eigenvalue weighted by molar-refractivity contribution is 7.91. The number of amides is 1. The number of anilines is 1. The van der Waals surface area contributed by atoms with Crippen LogP contribution in [-0.4, -0.2) is 59.8 Å². The van der Waals surface area contributed by atoms with Gasteiger partial charge >= 0.3 is 0 Å². The summed E-state index contributed by atoms with van der Waals surface area (Å²) in [5.41, 5.74) is 0.357. The fraction of sp³-hybridized carbons (Fsp3) is 0.615. The summed E-state index contributed by atoms with van der Waals surface area (Å²) in [6.07, 6.45) is 4.14. The second-order valence-electron chi connectivity index (χ2n) is 5.51. The number of nitrogens with zero attached hydrogens (tertiary/aromatic N) is 3. The molecule has 1 amide bonds. The Morgan fingerprint density at radius 2 is 2.10 bits per heavy atom. The number of hydrogen-bond donors (Lipinski definition) is 1. The molecule has 0 saturated carbocycles. The van der Waals surface area contributed by atoms with E-state index in [1.807, 2.05) is 0 Å². The molecule has 0 aliphatic carbocycles. The van der Waals surface area contributed by atoms with Gasteiger partial charge in [-0.1, -0.05) is 0 Å². The van der Waals surface area contributed by atoms with Gasteiger partial charge in [-0.25, -0.2) is 18.4 Å². The Morgan fingerprint density at radius 3 is 2.76 bits per heavy atom. The zero-order valence-electron chi connectivity index (χ0n) is 11.7. The van der Waals surface area contributed by atoms with Crippen LogP contribution in [0.15, 0.2) is 12.3 Å². The minimum absolute atomic E-state index is 0.0861. The predicted octanol–water partition coefficient (Wildman–Crippen LogP) is 0.312. The quantitative estimate of drug-likeness (QED) is 0.864. The first-order valence-electron chi connectivity index (χ1n) is 7.13. The van der Waals surface area contributed by atoms with Gasteiger partial charge in [0.2, 0.25) is 5.95 Å². The Balaban J connectivity index is 1.70. The lowest BCUT2D eigenvalue weighted by atomic mass is 10.3. The third kappa shape index (κ3) is 3.31. The topological polar surface area (TPSA) is 92.3 Å². The number of carbonyl (C=O) groups is 1. The van der Waals surface area contributed by atoms with Crippen molar-refractivity contribution in [1.29, 1.82) is 0 Å². The first-order valence-corrected chi connectivity index (χ1v) is 8.95. The number of likely N-dealkylation sites (tertiary alicyclic amines) is 1. The van der Waals surface area contributed by atoms with E-state index < -0.39 is 9.84 Å². The van der Waals surface area contributed by atoms with Crippen molar-refractivity contribution >= 4 is 21.7 Å². The number of rotatable bonds is 3. The number of sulfone groups is 1. The van der Waals surface area contributed by atoms with Crippen LogP contribution < -0.4 is 5.32 Å². The van der Waals surface area contributed by atoms with Crippen molar-refractivity contribution < 1.29 is 13.2 Å². The molecule has 3 heterocycles. The molecule has 1 N–H and O–H groups in total. The largest absolute Gasteiger partial charge is 0.350 e. The molecule has 0 bridgehead atoms. The maximum atomic E-state index is 12.3. The summed E-state index contributed by atoms with van der Waals surface area (Å²) in [6.45, 7) is 1.54. The van der Waals surface area contributed by atoms with Crippen molar-refractivity contribution in [1.82, 2.24) is 14.9 Å². The van der Waals surface area contributed by atoms with Crippen LogP contribution in [-0.2, 0) is 9.84 Å². The molecule has 1 aromatic heterocycles. The fourth-order valence-corrected chi connectivity index (χ4v) is 4.39. The number of nitrogens with one attached hydrogen (secondary N) is 1. The third-order valence-electron chi connectivity index (χ3n) is 3.83.